The third kappa shape index (κ3) is 3.00. The molecule has 0 atom stereocenters. The molecule has 0 radical (unpaired) electrons. The highest BCUT2D eigenvalue weighted by atomic mass is 79.9. The number of furan rings is 1. The van der Waals surface area contributed by atoms with Gasteiger partial charge in [0.25, 0.3) is 5.91 Å². The summed E-state index contributed by atoms with van der Waals surface area (Å²) in [6.07, 6.45) is 0. The summed E-state index contributed by atoms with van der Waals surface area (Å²) in [5, 5.41) is 11.3. The molecule has 0 aliphatic heterocycles. The highest BCUT2D eigenvalue weighted by Crippen LogP contribution is 2.27. The van der Waals surface area contributed by atoms with E-state index in [-0.39, 0.29) is 11.5 Å². The molecule has 1 amide bonds. The van der Waals surface area contributed by atoms with Crippen LogP contribution in [0.5, 0.6) is 5.75 Å². The molecule has 20 heavy (non-hydrogen) atoms. The van der Waals surface area contributed by atoms with E-state index in [9.17, 15) is 9.59 Å². The second-order valence-corrected chi connectivity index (χ2v) is 4.62. The zero-order valence-corrected chi connectivity index (χ0v) is 11.9. The Morgan fingerprint density at radius 1 is 1.25 bits per heavy atom. The summed E-state index contributed by atoms with van der Waals surface area (Å²) in [5.74, 6) is -1.58. The number of carbonyl (C=O) groups excluding carboxylic acids is 1. The van der Waals surface area contributed by atoms with Gasteiger partial charge in [-0.3, -0.25) is 4.79 Å². The molecule has 2 rings (SSSR count). The fourth-order valence-corrected chi connectivity index (χ4v) is 1.83. The fourth-order valence-electron chi connectivity index (χ4n) is 1.49. The van der Waals surface area contributed by atoms with Gasteiger partial charge in [0.1, 0.15) is 5.75 Å². The molecule has 0 unspecified atom stereocenters. The number of carboxylic acid groups (broad SMARTS) is 1. The van der Waals surface area contributed by atoms with E-state index in [4.69, 9.17) is 14.3 Å². The van der Waals surface area contributed by atoms with Gasteiger partial charge in [-0.15, -0.1) is 0 Å². The van der Waals surface area contributed by atoms with Crippen molar-refractivity contribution in [2.75, 3.05) is 12.4 Å². The lowest BCUT2D eigenvalue weighted by Crippen LogP contribution is -2.11. The Balaban J connectivity index is 2.20. The van der Waals surface area contributed by atoms with E-state index in [0.29, 0.717) is 15.9 Å². The van der Waals surface area contributed by atoms with Crippen molar-refractivity contribution < 1.29 is 23.8 Å². The smallest absolute Gasteiger partial charge is 0.371 e. The number of benzene rings is 1. The summed E-state index contributed by atoms with van der Waals surface area (Å²) in [5.41, 5.74) is 0.489. The lowest BCUT2D eigenvalue weighted by Gasteiger charge is -2.08. The maximum atomic E-state index is 11.9. The standard InChI is InChI=1S/C13H10BrNO5/c1-19-7-2-3-8(14)9(6-7)15-12(16)10-4-5-11(20-10)13(17)18/h2-6H,1H3,(H,15,16)(H,17,18). The van der Waals surface area contributed by atoms with Crippen LogP contribution >= 0.6 is 15.9 Å². The van der Waals surface area contributed by atoms with Crippen molar-refractivity contribution in [1.29, 1.82) is 0 Å². The number of methoxy groups -OCH3 is 1. The number of ether oxygens (including phenoxy) is 1. The largest absolute Gasteiger partial charge is 0.497 e. The van der Waals surface area contributed by atoms with Crippen LogP contribution in [0.25, 0.3) is 0 Å². The lowest BCUT2D eigenvalue weighted by atomic mass is 10.3. The monoisotopic (exact) mass is 339 g/mol. The minimum Gasteiger partial charge on any atom is -0.497 e. The highest BCUT2D eigenvalue weighted by Gasteiger charge is 2.16. The first-order valence-electron chi connectivity index (χ1n) is 5.49. The van der Waals surface area contributed by atoms with E-state index in [1.54, 1.807) is 18.2 Å². The van der Waals surface area contributed by atoms with Gasteiger partial charge in [-0.25, -0.2) is 4.79 Å². The minimum atomic E-state index is -1.23. The van der Waals surface area contributed by atoms with Gasteiger partial charge < -0.3 is 19.6 Å². The van der Waals surface area contributed by atoms with Gasteiger partial charge in [0, 0.05) is 10.5 Å². The third-order valence-corrected chi connectivity index (χ3v) is 3.15. The van der Waals surface area contributed by atoms with Crippen molar-refractivity contribution in [3.63, 3.8) is 0 Å². The van der Waals surface area contributed by atoms with Gasteiger partial charge in [-0.2, -0.15) is 0 Å². The number of hydrogen-bond donors (Lipinski definition) is 2. The summed E-state index contributed by atoms with van der Waals surface area (Å²) in [7, 11) is 1.51. The van der Waals surface area contributed by atoms with Gasteiger partial charge in [0.05, 0.1) is 12.8 Å². The molecule has 0 saturated carbocycles. The molecule has 0 aliphatic carbocycles. The molecule has 0 fully saturated rings. The molecular weight excluding hydrogens is 330 g/mol. The number of rotatable bonds is 4. The molecule has 1 heterocycles. The van der Waals surface area contributed by atoms with Crippen molar-refractivity contribution in [2.24, 2.45) is 0 Å². The second kappa shape index (κ2) is 5.79. The van der Waals surface area contributed by atoms with E-state index in [1.807, 2.05) is 0 Å². The van der Waals surface area contributed by atoms with Crippen LogP contribution in [0.15, 0.2) is 39.2 Å². The number of hydrogen-bond acceptors (Lipinski definition) is 4. The van der Waals surface area contributed by atoms with Crippen molar-refractivity contribution in [3.8, 4) is 5.75 Å². The Hall–Kier alpha value is -2.28. The van der Waals surface area contributed by atoms with Gasteiger partial charge >= 0.3 is 5.97 Å². The molecule has 0 bridgehead atoms. The number of nitrogens with one attached hydrogen (secondary N) is 1. The first-order valence-corrected chi connectivity index (χ1v) is 6.28. The molecule has 6 nitrogen and oxygen atoms in total. The first-order chi connectivity index (χ1) is 9.51. The van der Waals surface area contributed by atoms with Crippen molar-refractivity contribution in [2.45, 2.75) is 0 Å². The number of carboxylic acids is 1. The van der Waals surface area contributed by atoms with Crippen LogP contribution in [0.1, 0.15) is 21.1 Å². The maximum absolute atomic E-state index is 11.9. The maximum Gasteiger partial charge on any atom is 0.371 e. The Kier molecular flexibility index (Phi) is 4.09. The predicted octanol–water partition coefficient (Wildman–Crippen LogP) is 3.00. The van der Waals surface area contributed by atoms with Crippen LogP contribution in [0.4, 0.5) is 5.69 Å². The van der Waals surface area contributed by atoms with Crippen LogP contribution in [0, 0.1) is 0 Å². The van der Waals surface area contributed by atoms with E-state index in [1.165, 1.54) is 19.2 Å². The second-order valence-electron chi connectivity index (χ2n) is 3.77. The Bertz CT molecular complexity index is 665. The van der Waals surface area contributed by atoms with Crippen LogP contribution in [0.2, 0.25) is 0 Å². The summed E-state index contributed by atoms with van der Waals surface area (Å²) >= 11 is 3.29. The number of amides is 1. The van der Waals surface area contributed by atoms with Crippen LogP contribution < -0.4 is 10.1 Å². The molecule has 0 aliphatic rings. The fraction of sp³-hybridized carbons (Fsp3) is 0.0769. The molecule has 2 aromatic rings. The molecule has 1 aromatic carbocycles. The summed E-state index contributed by atoms with van der Waals surface area (Å²) in [6, 6.07) is 7.60. The number of halogens is 1. The molecular formula is C13H10BrNO5. The van der Waals surface area contributed by atoms with Crippen molar-refractivity contribution in [3.05, 3.63) is 46.3 Å². The third-order valence-electron chi connectivity index (χ3n) is 2.46. The van der Waals surface area contributed by atoms with E-state index in [2.05, 4.69) is 21.2 Å². The predicted molar refractivity (Wildman–Crippen MR) is 74.3 cm³/mol. The Morgan fingerprint density at radius 3 is 2.55 bits per heavy atom. The first kappa shape index (κ1) is 14.1. The molecule has 2 N–H and O–H groups in total. The van der Waals surface area contributed by atoms with Crippen molar-refractivity contribution in [1.82, 2.24) is 0 Å². The molecule has 1 aromatic heterocycles. The van der Waals surface area contributed by atoms with Gasteiger partial charge in [0.2, 0.25) is 5.76 Å². The molecule has 0 spiro atoms. The average Bonchev–Trinajstić information content (AvgIpc) is 2.91. The van der Waals surface area contributed by atoms with E-state index in [0.717, 1.165) is 0 Å². The lowest BCUT2D eigenvalue weighted by molar-refractivity contribution is 0.0660. The Labute approximate surface area is 122 Å². The van der Waals surface area contributed by atoms with Gasteiger partial charge in [-0.1, -0.05) is 0 Å². The Morgan fingerprint density at radius 2 is 1.95 bits per heavy atom. The zero-order valence-electron chi connectivity index (χ0n) is 10.3. The van der Waals surface area contributed by atoms with Crippen LogP contribution in [0.3, 0.4) is 0 Å². The number of anilines is 1. The van der Waals surface area contributed by atoms with Gasteiger partial charge in [0.15, 0.2) is 5.76 Å². The van der Waals surface area contributed by atoms with E-state index >= 15 is 0 Å². The number of aromatic carboxylic acids is 1. The van der Waals surface area contributed by atoms with Gasteiger partial charge in [-0.05, 0) is 40.2 Å². The highest BCUT2D eigenvalue weighted by molar-refractivity contribution is 9.10. The zero-order chi connectivity index (χ0) is 14.7. The average molecular weight is 340 g/mol. The normalized spacial score (nSPS) is 10.1. The van der Waals surface area contributed by atoms with Crippen LogP contribution in [-0.2, 0) is 0 Å². The molecule has 7 heteroatoms. The van der Waals surface area contributed by atoms with Crippen molar-refractivity contribution >= 4 is 33.5 Å². The minimum absolute atomic E-state index is 0.0860. The quantitative estimate of drug-likeness (QED) is 0.893. The summed E-state index contributed by atoms with van der Waals surface area (Å²) in [6.45, 7) is 0. The summed E-state index contributed by atoms with van der Waals surface area (Å²) in [4.78, 5) is 22.6. The molecule has 104 valence electrons. The van der Waals surface area contributed by atoms with E-state index < -0.39 is 11.9 Å². The molecule has 0 saturated heterocycles. The number of carbonyl (C=O) groups is 2. The summed E-state index contributed by atoms with van der Waals surface area (Å²) < 4.78 is 10.6. The topological polar surface area (TPSA) is 88.8 Å². The van der Waals surface area contributed by atoms with Crippen LogP contribution in [-0.4, -0.2) is 24.1 Å². The SMILES string of the molecule is COc1ccc(Br)c(NC(=O)c2ccc(C(=O)O)o2)c1.